The first-order chi connectivity index (χ1) is 8.08. The van der Waals surface area contributed by atoms with Crippen molar-refractivity contribution in [3.63, 3.8) is 0 Å². The SMILES string of the molecule is Cc1cc2c(cc1CCN(C)C(C)C)OCO2. The zero-order chi connectivity index (χ0) is 12.4. The normalized spacial score (nSPS) is 13.8. The molecule has 0 aromatic heterocycles. The van der Waals surface area contributed by atoms with E-state index in [2.05, 4.69) is 44.9 Å². The van der Waals surface area contributed by atoms with Crippen molar-refractivity contribution in [1.29, 1.82) is 0 Å². The fourth-order valence-electron chi connectivity index (χ4n) is 1.91. The van der Waals surface area contributed by atoms with Gasteiger partial charge < -0.3 is 14.4 Å². The second-order valence-corrected chi connectivity index (χ2v) is 4.96. The Morgan fingerprint density at radius 1 is 1.24 bits per heavy atom. The highest BCUT2D eigenvalue weighted by molar-refractivity contribution is 5.48. The summed E-state index contributed by atoms with van der Waals surface area (Å²) in [6.07, 6.45) is 1.05. The van der Waals surface area contributed by atoms with Gasteiger partial charge in [0.05, 0.1) is 0 Å². The van der Waals surface area contributed by atoms with Crippen molar-refractivity contribution in [2.45, 2.75) is 33.2 Å². The maximum absolute atomic E-state index is 5.41. The number of hydrogen-bond donors (Lipinski definition) is 0. The first-order valence-corrected chi connectivity index (χ1v) is 6.17. The van der Waals surface area contributed by atoms with E-state index in [-0.39, 0.29) is 0 Å². The van der Waals surface area contributed by atoms with Crippen LogP contribution in [0.3, 0.4) is 0 Å². The summed E-state index contributed by atoms with van der Waals surface area (Å²) in [5.41, 5.74) is 2.63. The number of rotatable bonds is 4. The number of ether oxygens (including phenoxy) is 2. The minimum absolute atomic E-state index is 0.351. The molecule has 0 spiro atoms. The topological polar surface area (TPSA) is 21.7 Å². The molecule has 0 aliphatic carbocycles. The van der Waals surface area contributed by atoms with Crippen molar-refractivity contribution in [2.75, 3.05) is 20.4 Å². The molecular weight excluding hydrogens is 214 g/mol. The van der Waals surface area contributed by atoms with Gasteiger partial charge in [0.15, 0.2) is 11.5 Å². The first-order valence-electron chi connectivity index (χ1n) is 6.17. The van der Waals surface area contributed by atoms with Crippen LogP contribution in [0.15, 0.2) is 12.1 Å². The molecule has 0 fully saturated rings. The standard InChI is InChI=1S/C14H21NO2/c1-10(2)15(4)6-5-12-8-14-13(7-11(12)3)16-9-17-14/h7-8,10H,5-6,9H2,1-4H3. The summed E-state index contributed by atoms with van der Waals surface area (Å²) >= 11 is 0. The first kappa shape index (κ1) is 12.2. The second kappa shape index (κ2) is 4.96. The van der Waals surface area contributed by atoms with Crippen LogP contribution in [0.25, 0.3) is 0 Å². The number of benzene rings is 1. The Morgan fingerprint density at radius 2 is 1.88 bits per heavy atom. The highest BCUT2D eigenvalue weighted by atomic mass is 16.7. The third-order valence-corrected chi connectivity index (χ3v) is 3.45. The second-order valence-electron chi connectivity index (χ2n) is 4.96. The lowest BCUT2D eigenvalue weighted by molar-refractivity contribution is 0.174. The number of aryl methyl sites for hydroxylation is 1. The molecule has 0 amide bonds. The molecule has 0 radical (unpaired) electrons. The van der Waals surface area contributed by atoms with Crippen molar-refractivity contribution in [1.82, 2.24) is 4.90 Å². The van der Waals surface area contributed by atoms with Gasteiger partial charge in [-0.05, 0) is 57.5 Å². The molecule has 1 aliphatic heterocycles. The summed E-state index contributed by atoms with van der Waals surface area (Å²) in [6.45, 7) is 7.98. The number of fused-ring (bicyclic) bond motifs is 1. The van der Waals surface area contributed by atoms with Crippen LogP contribution in [-0.4, -0.2) is 31.3 Å². The Morgan fingerprint density at radius 3 is 2.53 bits per heavy atom. The summed E-state index contributed by atoms with van der Waals surface area (Å²) in [4.78, 5) is 2.35. The lowest BCUT2D eigenvalue weighted by atomic mass is 10.0. The lowest BCUT2D eigenvalue weighted by Crippen LogP contribution is -2.28. The van der Waals surface area contributed by atoms with Crippen molar-refractivity contribution in [3.8, 4) is 11.5 Å². The zero-order valence-electron chi connectivity index (χ0n) is 11.1. The fourth-order valence-corrected chi connectivity index (χ4v) is 1.91. The molecule has 0 bridgehead atoms. The third kappa shape index (κ3) is 2.72. The van der Waals surface area contributed by atoms with Gasteiger partial charge >= 0.3 is 0 Å². The van der Waals surface area contributed by atoms with Gasteiger partial charge in [-0.2, -0.15) is 0 Å². The van der Waals surface area contributed by atoms with Crippen molar-refractivity contribution in [2.24, 2.45) is 0 Å². The van der Waals surface area contributed by atoms with Crippen LogP contribution in [0, 0.1) is 6.92 Å². The predicted molar refractivity (Wildman–Crippen MR) is 68.8 cm³/mol. The Bertz CT molecular complexity index is 401. The van der Waals surface area contributed by atoms with Gasteiger partial charge in [0.1, 0.15) is 0 Å². The van der Waals surface area contributed by atoms with Crippen molar-refractivity contribution >= 4 is 0 Å². The van der Waals surface area contributed by atoms with E-state index < -0.39 is 0 Å². The Labute approximate surface area is 103 Å². The monoisotopic (exact) mass is 235 g/mol. The number of hydrogen-bond acceptors (Lipinski definition) is 3. The van der Waals surface area contributed by atoms with E-state index in [1.165, 1.54) is 11.1 Å². The number of nitrogens with zero attached hydrogens (tertiary/aromatic N) is 1. The minimum Gasteiger partial charge on any atom is -0.454 e. The fraction of sp³-hybridized carbons (Fsp3) is 0.571. The third-order valence-electron chi connectivity index (χ3n) is 3.45. The van der Waals surface area contributed by atoms with Crippen LogP contribution in [0.4, 0.5) is 0 Å². The molecule has 0 atom stereocenters. The maximum Gasteiger partial charge on any atom is 0.231 e. The quantitative estimate of drug-likeness (QED) is 0.800. The zero-order valence-corrected chi connectivity index (χ0v) is 11.1. The average Bonchev–Trinajstić information content (AvgIpc) is 2.72. The molecule has 0 unspecified atom stereocenters. The van der Waals surface area contributed by atoms with E-state index >= 15 is 0 Å². The summed E-state index contributed by atoms with van der Waals surface area (Å²) in [5, 5.41) is 0. The molecule has 3 nitrogen and oxygen atoms in total. The molecule has 2 rings (SSSR count). The van der Waals surface area contributed by atoms with E-state index in [0.29, 0.717) is 12.8 Å². The summed E-state index contributed by atoms with van der Waals surface area (Å²) in [7, 11) is 2.16. The van der Waals surface area contributed by atoms with E-state index in [1.54, 1.807) is 0 Å². The predicted octanol–water partition coefficient (Wildman–Crippen LogP) is 2.61. The van der Waals surface area contributed by atoms with E-state index in [0.717, 1.165) is 24.5 Å². The molecule has 94 valence electrons. The number of likely N-dealkylation sites (N-methyl/N-ethyl adjacent to an activating group) is 1. The molecular formula is C14H21NO2. The van der Waals surface area contributed by atoms with Crippen molar-refractivity contribution < 1.29 is 9.47 Å². The Kier molecular flexibility index (Phi) is 3.57. The van der Waals surface area contributed by atoms with Gasteiger partial charge in [-0.15, -0.1) is 0 Å². The van der Waals surface area contributed by atoms with Crippen molar-refractivity contribution in [3.05, 3.63) is 23.3 Å². The molecule has 1 aromatic carbocycles. The smallest absolute Gasteiger partial charge is 0.231 e. The molecule has 1 aliphatic rings. The van der Waals surface area contributed by atoms with Gasteiger partial charge in [-0.25, -0.2) is 0 Å². The van der Waals surface area contributed by atoms with Crippen LogP contribution < -0.4 is 9.47 Å². The highest BCUT2D eigenvalue weighted by Crippen LogP contribution is 2.34. The van der Waals surface area contributed by atoms with E-state index in [4.69, 9.17) is 9.47 Å². The molecule has 0 saturated carbocycles. The van der Waals surface area contributed by atoms with Gasteiger partial charge in [-0.1, -0.05) is 0 Å². The summed E-state index contributed by atoms with van der Waals surface area (Å²) in [5.74, 6) is 1.77. The van der Waals surface area contributed by atoms with Crippen LogP contribution in [0.1, 0.15) is 25.0 Å². The van der Waals surface area contributed by atoms with Gasteiger partial charge in [0, 0.05) is 12.6 Å². The average molecular weight is 235 g/mol. The van der Waals surface area contributed by atoms with Gasteiger partial charge in [0.2, 0.25) is 6.79 Å². The molecule has 17 heavy (non-hydrogen) atoms. The van der Waals surface area contributed by atoms with Crippen LogP contribution in [0.2, 0.25) is 0 Å². The molecule has 0 N–H and O–H groups in total. The molecule has 1 heterocycles. The highest BCUT2D eigenvalue weighted by Gasteiger charge is 2.15. The van der Waals surface area contributed by atoms with Crippen LogP contribution >= 0.6 is 0 Å². The lowest BCUT2D eigenvalue weighted by Gasteiger charge is -2.21. The van der Waals surface area contributed by atoms with Gasteiger partial charge in [0.25, 0.3) is 0 Å². The van der Waals surface area contributed by atoms with E-state index in [1.807, 2.05) is 0 Å². The Balaban J connectivity index is 2.06. The van der Waals surface area contributed by atoms with E-state index in [9.17, 15) is 0 Å². The Hall–Kier alpha value is -1.22. The van der Waals surface area contributed by atoms with Crippen LogP contribution in [0.5, 0.6) is 11.5 Å². The molecule has 3 heteroatoms. The largest absolute Gasteiger partial charge is 0.454 e. The summed E-state index contributed by atoms with van der Waals surface area (Å²) in [6, 6.07) is 4.78. The summed E-state index contributed by atoms with van der Waals surface area (Å²) < 4.78 is 10.8. The molecule has 1 aromatic rings. The van der Waals surface area contributed by atoms with Crippen LogP contribution in [-0.2, 0) is 6.42 Å². The minimum atomic E-state index is 0.351. The maximum atomic E-state index is 5.41. The van der Waals surface area contributed by atoms with Gasteiger partial charge in [-0.3, -0.25) is 0 Å². The molecule has 0 saturated heterocycles.